The van der Waals surface area contributed by atoms with E-state index >= 15 is 0 Å². The van der Waals surface area contributed by atoms with Crippen LogP contribution in [0.4, 0.5) is 0 Å². The van der Waals surface area contributed by atoms with E-state index in [1.807, 2.05) is 6.20 Å². The number of aromatic amines is 1. The van der Waals surface area contributed by atoms with Crippen molar-refractivity contribution in [2.24, 2.45) is 11.3 Å². The zero-order valence-electron chi connectivity index (χ0n) is 10.7. The normalized spacial score (nSPS) is 29.2. The molecule has 1 aromatic heterocycles. The van der Waals surface area contributed by atoms with Crippen LogP contribution in [0.2, 0.25) is 0 Å². The van der Waals surface area contributed by atoms with Gasteiger partial charge in [0, 0.05) is 25.0 Å². The third-order valence-electron chi connectivity index (χ3n) is 3.92. The second-order valence-electron chi connectivity index (χ2n) is 6.09. The molecule has 2 rings (SSSR count). The lowest BCUT2D eigenvalue weighted by atomic mass is 9.70. The van der Waals surface area contributed by atoms with E-state index < -0.39 is 0 Å². The number of aromatic nitrogens is 1. The fraction of sp³-hybridized carbons (Fsp3) is 0.714. The summed E-state index contributed by atoms with van der Waals surface area (Å²) in [5.74, 6) is 0.794. The Balaban J connectivity index is 1.83. The van der Waals surface area contributed by atoms with Gasteiger partial charge >= 0.3 is 0 Å². The first-order valence-electron chi connectivity index (χ1n) is 6.42. The Morgan fingerprint density at radius 1 is 1.50 bits per heavy atom. The molecular weight excluding hydrogens is 196 g/mol. The molecular formula is C14H24N2. The molecule has 90 valence electrons. The van der Waals surface area contributed by atoms with Crippen LogP contribution in [0, 0.1) is 11.3 Å². The Kier molecular flexibility index (Phi) is 3.38. The fourth-order valence-electron chi connectivity index (χ4n) is 2.97. The average Bonchev–Trinajstić information content (AvgIpc) is 2.68. The van der Waals surface area contributed by atoms with Gasteiger partial charge in [-0.05, 0) is 42.2 Å². The lowest BCUT2D eigenvalue weighted by Crippen LogP contribution is -2.41. The fourth-order valence-corrected chi connectivity index (χ4v) is 2.97. The van der Waals surface area contributed by atoms with Crippen molar-refractivity contribution in [3.63, 3.8) is 0 Å². The lowest BCUT2D eigenvalue weighted by molar-refractivity contribution is 0.148. The minimum absolute atomic E-state index is 0.547. The van der Waals surface area contributed by atoms with E-state index in [0.29, 0.717) is 11.5 Å². The Hall–Kier alpha value is -0.760. The van der Waals surface area contributed by atoms with Crippen LogP contribution >= 0.6 is 0 Å². The van der Waals surface area contributed by atoms with Gasteiger partial charge in [-0.1, -0.05) is 20.8 Å². The van der Waals surface area contributed by atoms with Crippen LogP contribution in [-0.4, -0.2) is 11.0 Å². The SMILES string of the molecule is CC1CC(C)(C)CCC1NCc1cc[nH]c1. The quantitative estimate of drug-likeness (QED) is 0.803. The predicted octanol–water partition coefficient (Wildman–Crippen LogP) is 3.32. The molecule has 1 heterocycles. The molecule has 2 atom stereocenters. The van der Waals surface area contributed by atoms with Crippen molar-refractivity contribution in [3.05, 3.63) is 24.0 Å². The average molecular weight is 220 g/mol. The van der Waals surface area contributed by atoms with E-state index in [1.54, 1.807) is 0 Å². The van der Waals surface area contributed by atoms with Crippen molar-refractivity contribution in [2.45, 2.75) is 52.6 Å². The van der Waals surface area contributed by atoms with Gasteiger partial charge in [-0.2, -0.15) is 0 Å². The van der Waals surface area contributed by atoms with Gasteiger partial charge in [0.25, 0.3) is 0 Å². The topological polar surface area (TPSA) is 27.8 Å². The summed E-state index contributed by atoms with van der Waals surface area (Å²) in [5.41, 5.74) is 1.91. The zero-order chi connectivity index (χ0) is 11.6. The highest BCUT2D eigenvalue weighted by atomic mass is 14.9. The van der Waals surface area contributed by atoms with E-state index in [1.165, 1.54) is 24.8 Å². The molecule has 1 aliphatic carbocycles. The monoisotopic (exact) mass is 220 g/mol. The number of nitrogens with one attached hydrogen (secondary N) is 2. The summed E-state index contributed by atoms with van der Waals surface area (Å²) in [6.45, 7) is 8.17. The minimum Gasteiger partial charge on any atom is -0.367 e. The number of H-pyrrole nitrogens is 1. The number of rotatable bonds is 3. The highest BCUT2D eigenvalue weighted by Gasteiger charge is 2.31. The van der Waals surface area contributed by atoms with E-state index in [4.69, 9.17) is 0 Å². The third-order valence-corrected chi connectivity index (χ3v) is 3.92. The van der Waals surface area contributed by atoms with E-state index in [9.17, 15) is 0 Å². The summed E-state index contributed by atoms with van der Waals surface area (Å²) in [4.78, 5) is 3.10. The Morgan fingerprint density at radius 3 is 2.94 bits per heavy atom. The van der Waals surface area contributed by atoms with E-state index in [2.05, 4.69) is 43.3 Å². The first-order chi connectivity index (χ1) is 7.57. The minimum atomic E-state index is 0.547. The van der Waals surface area contributed by atoms with E-state index in [0.717, 1.165) is 12.5 Å². The molecule has 2 heteroatoms. The van der Waals surface area contributed by atoms with Crippen LogP contribution < -0.4 is 5.32 Å². The van der Waals surface area contributed by atoms with Crippen LogP contribution in [0.15, 0.2) is 18.5 Å². The standard InChI is InChI=1S/C14H24N2/c1-11-8-14(2,3)6-4-13(11)16-10-12-5-7-15-9-12/h5,7,9,11,13,15-16H,4,6,8,10H2,1-3H3. The van der Waals surface area contributed by atoms with Crippen LogP contribution in [0.5, 0.6) is 0 Å². The molecule has 1 aliphatic rings. The van der Waals surface area contributed by atoms with Crippen LogP contribution in [-0.2, 0) is 6.54 Å². The van der Waals surface area contributed by atoms with Gasteiger partial charge in [0.1, 0.15) is 0 Å². The molecule has 0 aromatic carbocycles. The highest BCUT2D eigenvalue weighted by molar-refractivity contribution is 5.08. The first kappa shape index (κ1) is 11.7. The third kappa shape index (κ3) is 2.88. The Labute approximate surface area is 98.8 Å². The maximum Gasteiger partial charge on any atom is 0.0223 e. The Morgan fingerprint density at radius 2 is 2.31 bits per heavy atom. The van der Waals surface area contributed by atoms with Crippen LogP contribution in [0.25, 0.3) is 0 Å². The van der Waals surface area contributed by atoms with Crippen molar-refractivity contribution in [2.75, 3.05) is 0 Å². The van der Waals surface area contributed by atoms with Gasteiger partial charge in [0.15, 0.2) is 0 Å². The maximum absolute atomic E-state index is 3.69. The summed E-state index contributed by atoms with van der Waals surface area (Å²) in [6, 6.07) is 2.84. The summed E-state index contributed by atoms with van der Waals surface area (Å²) in [7, 11) is 0. The smallest absolute Gasteiger partial charge is 0.0223 e. The lowest BCUT2D eigenvalue weighted by Gasteiger charge is -2.39. The summed E-state index contributed by atoms with van der Waals surface area (Å²) < 4.78 is 0. The van der Waals surface area contributed by atoms with Crippen molar-refractivity contribution in [1.82, 2.24) is 10.3 Å². The summed E-state index contributed by atoms with van der Waals surface area (Å²) in [5, 5.41) is 3.69. The predicted molar refractivity (Wildman–Crippen MR) is 68.2 cm³/mol. The zero-order valence-corrected chi connectivity index (χ0v) is 10.7. The maximum atomic E-state index is 3.69. The van der Waals surface area contributed by atoms with Gasteiger partial charge in [0.2, 0.25) is 0 Å². The second-order valence-corrected chi connectivity index (χ2v) is 6.09. The molecule has 0 saturated heterocycles. The molecule has 0 aliphatic heterocycles. The van der Waals surface area contributed by atoms with Gasteiger partial charge < -0.3 is 10.3 Å². The molecule has 0 bridgehead atoms. The van der Waals surface area contributed by atoms with Crippen LogP contribution in [0.3, 0.4) is 0 Å². The van der Waals surface area contributed by atoms with Crippen LogP contribution in [0.1, 0.15) is 45.6 Å². The molecule has 2 nitrogen and oxygen atoms in total. The second kappa shape index (κ2) is 4.62. The van der Waals surface area contributed by atoms with Crippen molar-refractivity contribution in [1.29, 1.82) is 0 Å². The summed E-state index contributed by atoms with van der Waals surface area (Å²) in [6.07, 6.45) is 8.08. The van der Waals surface area contributed by atoms with Crippen molar-refractivity contribution < 1.29 is 0 Å². The molecule has 0 amide bonds. The number of hydrogen-bond donors (Lipinski definition) is 2. The van der Waals surface area contributed by atoms with Crippen molar-refractivity contribution >= 4 is 0 Å². The van der Waals surface area contributed by atoms with Gasteiger partial charge in [-0.15, -0.1) is 0 Å². The van der Waals surface area contributed by atoms with Gasteiger partial charge in [-0.3, -0.25) is 0 Å². The molecule has 2 N–H and O–H groups in total. The molecule has 16 heavy (non-hydrogen) atoms. The van der Waals surface area contributed by atoms with Crippen molar-refractivity contribution in [3.8, 4) is 0 Å². The highest BCUT2D eigenvalue weighted by Crippen LogP contribution is 2.38. The molecule has 0 radical (unpaired) electrons. The molecule has 1 fully saturated rings. The Bertz CT molecular complexity index is 313. The van der Waals surface area contributed by atoms with Gasteiger partial charge in [0.05, 0.1) is 0 Å². The number of hydrogen-bond acceptors (Lipinski definition) is 1. The molecule has 1 saturated carbocycles. The van der Waals surface area contributed by atoms with Gasteiger partial charge in [-0.25, -0.2) is 0 Å². The molecule has 0 spiro atoms. The molecule has 1 aromatic rings. The van der Waals surface area contributed by atoms with E-state index in [-0.39, 0.29) is 0 Å². The molecule has 2 unspecified atom stereocenters. The largest absolute Gasteiger partial charge is 0.367 e. The summed E-state index contributed by atoms with van der Waals surface area (Å²) >= 11 is 0. The first-order valence-corrected chi connectivity index (χ1v) is 6.42.